The Labute approximate surface area is 174 Å². The first kappa shape index (κ1) is 19.7. The number of fused-ring (bicyclic) bond motifs is 1. The number of hydrogen-bond acceptors (Lipinski definition) is 4. The highest BCUT2D eigenvalue weighted by molar-refractivity contribution is 7.98. The van der Waals surface area contributed by atoms with Gasteiger partial charge in [0.05, 0.1) is 11.4 Å². The van der Waals surface area contributed by atoms with Crippen molar-refractivity contribution in [2.75, 3.05) is 5.32 Å². The van der Waals surface area contributed by atoms with Crippen molar-refractivity contribution < 1.29 is 4.79 Å². The molecule has 150 valence electrons. The van der Waals surface area contributed by atoms with E-state index < -0.39 is 0 Å². The summed E-state index contributed by atoms with van der Waals surface area (Å²) >= 11 is 1.58. The first-order valence-electron chi connectivity index (χ1n) is 10.1. The molecule has 1 saturated carbocycles. The van der Waals surface area contributed by atoms with Crippen LogP contribution in [0.2, 0.25) is 0 Å². The lowest BCUT2D eigenvalue weighted by atomic mass is 9.88. The van der Waals surface area contributed by atoms with E-state index in [1.54, 1.807) is 28.4 Å². The summed E-state index contributed by atoms with van der Waals surface area (Å²) in [4.78, 5) is 30.6. The van der Waals surface area contributed by atoms with E-state index in [1.165, 1.54) is 6.42 Å². The molecule has 0 spiro atoms. The summed E-state index contributed by atoms with van der Waals surface area (Å²) in [6.45, 7) is 1.95. The average molecular weight is 408 g/mol. The molecule has 1 fully saturated rings. The lowest BCUT2D eigenvalue weighted by Crippen LogP contribution is -2.24. The van der Waals surface area contributed by atoms with Crippen LogP contribution in [0, 0.1) is 12.8 Å². The minimum absolute atomic E-state index is 0.0758. The van der Waals surface area contributed by atoms with Gasteiger partial charge in [0, 0.05) is 28.8 Å². The Bertz CT molecular complexity index is 1090. The Morgan fingerprint density at radius 2 is 1.97 bits per heavy atom. The fourth-order valence-electron chi connectivity index (χ4n) is 3.78. The third-order valence-corrected chi connectivity index (χ3v) is 6.46. The fraction of sp³-hybridized carbons (Fsp3) is 0.348. The van der Waals surface area contributed by atoms with Crippen molar-refractivity contribution in [3.8, 4) is 0 Å². The second kappa shape index (κ2) is 8.82. The van der Waals surface area contributed by atoms with Gasteiger partial charge in [0.15, 0.2) is 0 Å². The molecule has 1 aliphatic carbocycles. The minimum atomic E-state index is -0.0758. The number of thioether (sulfide) groups is 1. The molecule has 0 atom stereocenters. The quantitative estimate of drug-likeness (QED) is 0.616. The van der Waals surface area contributed by atoms with Gasteiger partial charge in [-0.05, 0) is 43.5 Å². The number of para-hydroxylation sites is 1. The van der Waals surface area contributed by atoms with Crippen molar-refractivity contribution in [3.05, 3.63) is 70.3 Å². The Kier molecular flexibility index (Phi) is 6.00. The fourth-order valence-corrected chi connectivity index (χ4v) is 4.68. The van der Waals surface area contributed by atoms with Crippen LogP contribution in [0.5, 0.6) is 0 Å². The van der Waals surface area contributed by atoms with Gasteiger partial charge in [-0.3, -0.25) is 14.0 Å². The molecule has 0 radical (unpaired) electrons. The highest BCUT2D eigenvalue weighted by Crippen LogP contribution is 2.31. The monoisotopic (exact) mass is 407 g/mol. The average Bonchev–Trinajstić information content (AvgIpc) is 2.74. The second-order valence-corrected chi connectivity index (χ2v) is 8.65. The number of nitrogens with zero attached hydrogens (tertiary/aromatic N) is 2. The van der Waals surface area contributed by atoms with Crippen LogP contribution in [0.1, 0.15) is 43.4 Å². The maximum atomic E-state index is 12.6. The van der Waals surface area contributed by atoms with Gasteiger partial charge in [-0.1, -0.05) is 37.5 Å². The van der Waals surface area contributed by atoms with E-state index in [2.05, 4.69) is 10.3 Å². The van der Waals surface area contributed by atoms with Crippen molar-refractivity contribution >= 4 is 29.0 Å². The molecule has 29 heavy (non-hydrogen) atoms. The predicted octanol–water partition coefficient (Wildman–Crippen LogP) is 4.81. The number of hydrogen-bond donors (Lipinski definition) is 1. The van der Waals surface area contributed by atoms with Crippen LogP contribution in [0.15, 0.2) is 58.4 Å². The van der Waals surface area contributed by atoms with Crippen LogP contribution in [0.4, 0.5) is 5.69 Å². The van der Waals surface area contributed by atoms with Gasteiger partial charge < -0.3 is 5.32 Å². The predicted molar refractivity (Wildman–Crippen MR) is 117 cm³/mol. The number of carbonyl (C=O) groups excluding carboxylic acids is 1. The summed E-state index contributed by atoms with van der Waals surface area (Å²) in [5.74, 6) is 0.804. The molecule has 0 unspecified atom stereocenters. The molecule has 5 nitrogen and oxygen atoms in total. The molecular weight excluding hydrogens is 382 g/mol. The van der Waals surface area contributed by atoms with Gasteiger partial charge in [0.1, 0.15) is 5.65 Å². The lowest BCUT2D eigenvalue weighted by molar-refractivity contribution is -0.120. The summed E-state index contributed by atoms with van der Waals surface area (Å²) in [6.07, 6.45) is 7.26. The van der Waals surface area contributed by atoms with Gasteiger partial charge in [-0.15, -0.1) is 11.8 Å². The zero-order valence-electron chi connectivity index (χ0n) is 16.6. The van der Waals surface area contributed by atoms with E-state index >= 15 is 0 Å². The number of aromatic nitrogens is 2. The zero-order valence-corrected chi connectivity index (χ0v) is 17.4. The van der Waals surface area contributed by atoms with Crippen molar-refractivity contribution in [1.82, 2.24) is 9.38 Å². The van der Waals surface area contributed by atoms with E-state index in [0.29, 0.717) is 11.4 Å². The Morgan fingerprint density at radius 3 is 2.79 bits per heavy atom. The molecule has 3 aromatic rings. The highest BCUT2D eigenvalue weighted by atomic mass is 32.2. The SMILES string of the molecule is Cc1ccc2nc(CSc3ccccc3NC(=O)C3CCCCC3)cc(=O)n2c1. The van der Waals surface area contributed by atoms with E-state index in [4.69, 9.17) is 0 Å². The smallest absolute Gasteiger partial charge is 0.258 e. The molecule has 1 amide bonds. The zero-order chi connectivity index (χ0) is 20.2. The summed E-state index contributed by atoms with van der Waals surface area (Å²) in [6, 6.07) is 13.2. The molecule has 0 bridgehead atoms. The molecular formula is C23H25N3O2S. The summed E-state index contributed by atoms with van der Waals surface area (Å²) in [5, 5.41) is 3.12. The molecule has 1 aromatic carbocycles. The van der Waals surface area contributed by atoms with Crippen molar-refractivity contribution in [2.24, 2.45) is 5.92 Å². The number of pyridine rings is 1. The first-order chi connectivity index (χ1) is 14.1. The number of aryl methyl sites for hydroxylation is 1. The van der Waals surface area contributed by atoms with Gasteiger partial charge >= 0.3 is 0 Å². The maximum absolute atomic E-state index is 12.6. The van der Waals surface area contributed by atoms with Crippen LogP contribution in [0.3, 0.4) is 0 Å². The molecule has 2 heterocycles. The van der Waals surface area contributed by atoms with Gasteiger partial charge in [-0.2, -0.15) is 0 Å². The van der Waals surface area contributed by atoms with Gasteiger partial charge in [0.25, 0.3) is 5.56 Å². The number of carbonyl (C=O) groups is 1. The van der Waals surface area contributed by atoms with Crippen molar-refractivity contribution in [3.63, 3.8) is 0 Å². The van der Waals surface area contributed by atoms with Gasteiger partial charge in [0.2, 0.25) is 5.91 Å². The maximum Gasteiger partial charge on any atom is 0.258 e. The van der Waals surface area contributed by atoms with E-state index in [0.717, 1.165) is 47.5 Å². The third kappa shape index (κ3) is 4.70. The van der Waals surface area contributed by atoms with E-state index in [9.17, 15) is 9.59 Å². The van der Waals surface area contributed by atoms with Crippen LogP contribution < -0.4 is 10.9 Å². The van der Waals surface area contributed by atoms with Crippen LogP contribution in [0.25, 0.3) is 5.65 Å². The van der Waals surface area contributed by atoms with Gasteiger partial charge in [-0.25, -0.2) is 4.98 Å². The molecule has 2 aromatic heterocycles. The Balaban J connectivity index is 1.49. The molecule has 0 aliphatic heterocycles. The number of amides is 1. The van der Waals surface area contributed by atoms with Crippen LogP contribution in [-0.4, -0.2) is 15.3 Å². The second-order valence-electron chi connectivity index (χ2n) is 7.63. The topological polar surface area (TPSA) is 63.5 Å². The number of benzene rings is 1. The summed E-state index contributed by atoms with van der Waals surface area (Å²) in [7, 11) is 0. The number of rotatable bonds is 5. The van der Waals surface area contributed by atoms with Crippen molar-refractivity contribution in [2.45, 2.75) is 49.7 Å². The lowest BCUT2D eigenvalue weighted by Gasteiger charge is -2.21. The molecule has 0 saturated heterocycles. The summed E-state index contributed by atoms with van der Waals surface area (Å²) < 4.78 is 1.57. The standard InChI is InChI=1S/C23H25N3O2S/c1-16-11-12-21-24-18(13-22(27)26(21)14-16)15-29-20-10-6-5-9-19(20)25-23(28)17-7-3-2-4-8-17/h5-6,9-14,17H,2-4,7-8,15H2,1H3,(H,25,28). The van der Waals surface area contributed by atoms with Crippen molar-refractivity contribution in [1.29, 1.82) is 0 Å². The number of anilines is 1. The number of nitrogens with one attached hydrogen (secondary N) is 1. The van der Waals surface area contributed by atoms with E-state index in [1.807, 2.05) is 43.3 Å². The van der Waals surface area contributed by atoms with Crippen LogP contribution >= 0.6 is 11.8 Å². The first-order valence-corrected chi connectivity index (χ1v) is 11.1. The molecule has 1 N–H and O–H groups in total. The Morgan fingerprint density at radius 1 is 1.17 bits per heavy atom. The van der Waals surface area contributed by atoms with Crippen LogP contribution in [-0.2, 0) is 10.5 Å². The molecule has 6 heteroatoms. The minimum Gasteiger partial charge on any atom is -0.325 e. The normalized spacial score (nSPS) is 14.8. The molecule has 4 rings (SSSR count). The molecule has 1 aliphatic rings. The third-order valence-electron chi connectivity index (χ3n) is 5.36. The van der Waals surface area contributed by atoms with E-state index in [-0.39, 0.29) is 17.4 Å². The highest BCUT2D eigenvalue weighted by Gasteiger charge is 2.21. The largest absolute Gasteiger partial charge is 0.325 e. The Hall–Kier alpha value is -2.60. The summed E-state index contributed by atoms with van der Waals surface area (Å²) in [5.41, 5.74) is 3.16.